The normalized spacial score (nSPS) is 19.4. The van der Waals surface area contributed by atoms with Crippen LogP contribution < -0.4 is 5.32 Å². The Morgan fingerprint density at radius 1 is 1.55 bits per heavy atom. The predicted molar refractivity (Wildman–Crippen MR) is 47.8 cm³/mol. The molecule has 0 bridgehead atoms. The summed E-state index contributed by atoms with van der Waals surface area (Å²) in [4.78, 5) is 6.37. The molecule has 0 aromatic rings. The molecule has 0 aromatic carbocycles. The van der Waals surface area contributed by atoms with Crippen molar-refractivity contribution < 1.29 is 0 Å². The van der Waals surface area contributed by atoms with Gasteiger partial charge in [0.2, 0.25) is 0 Å². The number of hydrogen-bond acceptors (Lipinski definition) is 1. The van der Waals surface area contributed by atoms with Gasteiger partial charge in [-0.2, -0.15) is 0 Å². The van der Waals surface area contributed by atoms with Crippen LogP contribution in [0.4, 0.5) is 0 Å². The van der Waals surface area contributed by atoms with Crippen molar-refractivity contribution in [3.63, 3.8) is 0 Å². The SMILES string of the molecule is CN=C(NC)N(C)C1CCC1. The minimum atomic E-state index is 0.723. The van der Waals surface area contributed by atoms with Crippen molar-refractivity contribution in [1.29, 1.82) is 0 Å². The Labute approximate surface area is 68.5 Å². The molecular formula is C8H17N3. The zero-order chi connectivity index (χ0) is 8.27. The molecule has 1 saturated carbocycles. The maximum atomic E-state index is 4.14. The molecule has 11 heavy (non-hydrogen) atoms. The van der Waals surface area contributed by atoms with Gasteiger partial charge in [-0.05, 0) is 19.3 Å². The number of rotatable bonds is 1. The lowest BCUT2D eigenvalue weighted by molar-refractivity contribution is 0.235. The van der Waals surface area contributed by atoms with Crippen LogP contribution in [-0.4, -0.2) is 38.0 Å². The Balaban J connectivity index is 2.43. The minimum Gasteiger partial charge on any atom is -0.359 e. The molecule has 0 saturated heterocycles. The molecule has 0 heterocycles. The molecule has 1 aliphatic rings. The summed E-state index contributed by atoms with van der Waals surface area (Å²) in [6.45, 7) is 0. The molecule has 1 N–H and O–H groups in total. The summed E-state index contributed by atoms with van der Waals surface area (Å²) in [5, 5.41) is 3.08. The van der Waals surface area contributed by atoms with E-state index in [1.54, 1.807) is 0 Å². The highest BCUT2D eigenvalue weighted by Crippen LogP contribution is 2.23. The van der Waals surface area contributed by atoms with E-state index in [9.17, 15) is 0 Å². The largest absolute Gasteiger partial charge is 0.359 e. The third-order valence-electron chi connectivity index (χ3n) is 2.39. The second-order valence-electron chi connectivity index (χ2n) is 2.99. The quantitative estimate of drug-likeness (QED) is 0.445. The van der Waals surface area contributed by atoms with Crippen molar-refractivity contribution in [2.75, 3.05) is 21.1 Å². The zero-order valence-corrected chi connectivity index (χ0v) is 7.59. The summed E-state index contributed by atoms with van der Waals surface area (Å²) in [6, 6.07) is 0.723. The van der Waals surface area contributed by atoms with E-state index in [2.05, 4.69) is 22.3 Å². The Kier molecular flexibility index (Phi) is 2.74. The van der Waals surface area contributed by atoms with Crippen LogP contribution in [0.1, 0.15) is 19.3 Å². The fourth-order valence-corrected chi connectivity index (χ4v) is 1.39. The van der Waals surface area contributed by atoms with E-state index >= 15 is 0 Å². The van der Waals surface area contributed by atoms with Crippen molar-refractivity contribution >= 4 is 5.96 Å². The zero-order valence-electron chi connectivity index (χ0n) is 7.59. The summed E-state index contributed by atoms with van der Waals surface area (Å²) >= 11 is 0. The molecule has 64 valence electrons. The van der Waals surface area contributed by atoms with Gasteiger partial charge in [0.1, 0.15) is 0 Å². The average Bonchev–Trinajstić information content (AvgIpc) is 1.86. The second-order valence-corrected chi connectivity index (χ2v) is 2.99. The smallest absolute Gasteiger partial charge is 0.193 e. The van der Waals surface area contributed by atoms with Crippen molar-refractivity contribution in [1.82, 2.24) is 10.2 Å². The Bertz CT molecular complexity index is 149. The molecule has 1 fully saturated rings. The van der Waals surface area contributed by atoms with Crippen LogP contribution in [0.3, 0.4) is 0 Å². The van der Waals surface area contributed by atoms with E-state index in [1.165, 1.54) is 19.3 Å². The van der Waals surface area contributed by atoms with Gasteiger partial charge in [0.15, 0.2) is 5.96 Å². The van der Waals surface area contributed by atoms with E-state index in [0.29, 0.717) is 0 Å². The second kappa shape index (κ2) is 3.60. The van der Waals surface area contributed by atoms with Crippen LogP contribution in [0.2, 0.25) is 0 Å². The number of nitrogens with one attached hydrogen (secondary N) is 1. The average molecular weight is 155 g/mol. The lowest BCUT2D eigenvalue weighted by Gasteiger charge is -2.36. The summed E-state index contributed by atoms with van der Waals surface area (Å²) in [5.74, 6) is 0.995. The molecule has 0 radical (unpaired) electrons. The van der Waals surface area contributed by atoms with Gasteiger partial charge in [-0.1, -0.05) is 0 Å². The van der Waals surface area contributed by atoms with Crippen LogP contribution in [0, 0.1) is 0 Å². The van der Waals surface area contributed by atoms with Crippen LogP contribution in [-0.2, 0) is 0 Å². The van der Waals surface area contributed by atoms with Gasteiger partial charge in [0.05, 0.1) is 0 Å². The molecule has 3 nitrogen and oxygen atoms in total. The number of nitrogens with zero attached hydrogens (tertiary/aromatic N) is 2. The first kappa shape index (κ1) is 8.37. The third kappa shape index (κ3) is 1.64. The van der Waals surface area contributed by atoms with Gasteiger partial charge in [-0.25, -0.2) is 0 Å². The molecule has 0 spiro atoms. The van der Waals surface area contributed by atoms with Crippen LogP contribution in [0.15, 0.2) is 4.99 Å². The van der Waals surface area contributed by atoms with Gasteiger partial charge < -0.3 is 10.2 Å². The van der Waals surface area contributed by atoms with Crippen molar-refractivity contribution in [2.45, 2.75) is 25.3 Å². The lowest BCUT2D eigenvalue weighted by Crippen LogP contribution is -2.46. The summed E-state index contributed by atoms with van der Waals surface area (Å²) < 4.78 is 0. The first-order chi connectivity index (χ1) is 5.29. The topological polar surface area (TPSA) is 27.6 Å². The molecule has 3 heteroatoms. The highest BCUT2D eigenvalue weighted by molar-refractivity contribution is 5.79. The van der Waals surface area contributed by atoms with Crippen molar-refractivity contribution in [2.24, 2.45) is 4.99 Å². The van der Waals surface area contributed by atoms with Crippen LogP contribution in [0.25, 0.3) is 0 Å². The number of aliphatic imine (C=N–C) groups is 1. The van der Waals surface area contributed by atoms with Gasteiger partial charge >= 0.3 is 0 Å². The third-order valence-corrected chi connectivity index (χ3v) is 2.39. The standard InChI is InChI=1S/C8H17N3/c1-9-8(10-2)11(3)7-5-4-6-7/h7H,4-6H2,1-3H3,(H,9,10). The first-order valence-electron chi connectivity index (χ1n) is 4.17. The van der Waals surface area contributed by atoms with Gasteiger partial charge in [-0.15, -0.1) is 0 Å². The highest BCUT2D eigenvalue weighted by atomic mass is 15.3. The summed E-state index contributed by atoms with van der Waals surface area (Å²) in [5.41, 5.74) is 0. The number of guanidine groups is 1. The first-order valence-corrected chi connectivity index (χ1v) is 4.17. The highest BCUT2D eigenvalue weighted by Gasteiger charge is 2.23. The van der Waals surface area contributed by atoms with Gasteiger partial charge in [0, 0.05) is 27.2 Å². The van der Waals surface area contributed by atoms with Gasteiger partial charge in [-0.3, -0.25) is 4.99 Å². The molecule has 0 aromatic heterocycles. The molecule has 0 unspecified atom stereocenters. The van der Waals surface area contributed by atoms with Crippen LogP contribution >= 0.6 is 0 Å². The van der Waals surface area contributed by atoms with Crippen molar-refractivity contribution in [3.8, 4) is 0 Å². The fraction of sp³-hybridized carbons (Fsp3) is 0.875. The Morgan fingerprint density at radius 2 is 2.18 bits per heavy atom. The molecule has 0 aliphatic heterocycles. The monoisotopic (exact) mass is 155 g/mol. The molecule has 1 rings (SSSR count). The van der Waals surface area contributed by atoms with E-state index in [1.807, 2.05) is 14.1 Å². The fourth-order valence-electron chi connectivity index (χ4n) is 1.39. The predicted octanol–water partition coefficient (Wildman–Crippen LogP) is 0.676. The Hall–Kier alpha value is -0.730. The minimum absolute atomic E-state index is 0.723. The Morgan fingerprint density at radius 3 is 2.45 bits per heavy atom. The summed E-state index contributed by atoms with van der Waals surface area (Å²) in [6.07, 6.45) is 4.00. The van der Waals surface area contributed by atoms with E-state index in [0.717, 1.165) is 12.0 Å². The molecule has 0 atom stereocenters. The maximum absolute atomic E-state index is 4.14. The van der Waals surface area contributed by atoms with Crippen molar-refractivity contribution in [3.05, 3.63) is 0 Å². The summed E-state index contributed by atoms with van der Waals surface area (Å²) in [7, 11) is 5.83. The molecule has 0 amide bonds. The van der Waals surface area contributed by atoms with E-state index in [-0.39, 0.29) is 0 Å². The maximum Gasteiger partial charge on any atom is 0.193 e. The van der Waals surface area contributed by atoms with Crippen LogP contribution in [0.5, 0.6) is 0 Å². The lowest BCUT2D eigenvalue weighted by atomic mass is 9.92. The van der Waals surface area contributed by atoms with E-state index < -0.39 is 0 Å². The van der Waals surface area contributed by atoms with Gasteiger partial charge in [0.25, 0.3) is 0 Å². The molecule has 1 aliphatic carbocycles. The number of hydrogen-bond donors (Lipinski definition) is 1. The van der Waals surface area contributed by atoms with E-state index in [4.69, 9.17) is 0 Å². The molecular weight excluding hydrogens is 138 g/mol.